The molecule has 0 aliphatic heterocycles. The first-order valence-electron chi connectivity index (χ1n) is 3.43. The normalized spacial score (nSPS) is 10.4. The third-order valence-electron chi connectivity index (χ3n) is 1.01. The number of ether oxygens (including phenoxy) is 1. The number of nitriles is 1. The zero-order valence-electron chi connectivity index (χ0n) is 7.05. The fraction of sp³-hybridized carbons (Fsp3) is 0.625. The van der Waals surface area contributed by atoms with E-state index >= 15 is 0 Å². The van der Waals surface area contributed by atoms with Crippen molar-refractivity contribution in [1.82, 2.24) is 0 Å². The number of hydrogen-bond acceptors (Lipinski definition) is 3. The van der Waals surface area contributed by atoms with Crippen molar-refractivity contribution in [2.75, 3.05) is 0 Å². The van der Waals surface area contributed by atoms with Gasteiger partial charge in [0.15, 0.2) is 5.60 Å². The van der Waals surface area contributed by atoms with Crippen LogP contribution in [0.1, 0.15) is 27.2 Å². The van der Waals surface area contributed by atoms with E-state index in [1.165, 1.54) is 0 Å². The number of hydrogen-bond donors (Lipinski definition) is 0. The van der Waals surface area contributed by atoms with Crippen LogP contribution in [0.4, 0.5) is 0 Å². The van der Waals surface area contributed by atoms with Crippen LogP contribution in [0.5, 0.6) is 0 Å². The van der Waals surface area contributed by atoms with E-state index in [4.69, 9.17) is 10.00 Å². The molecule has 0 unspecified atom stereocenters. The maximum Gasteiger partial charge on any atom is 0.307 e. The summed E-state index contributed by atoms with van der Waals surface area (Å²) >= 11 is 0. The Labute approximate surface area is 67.0 Å². The highest BCUT2D eigenvalue weighted by atomic mass is 16.6. The molecule has 0 bridgehead atoms. The van der Waals surface area contributed by atoms with Gasteiger partial charge >= 0.3 is 5.97 Å². The molecule has 3 heteroatoms. The molecular formula is C8H12NO2. The van der Waals surface area contributed by atoms with Gasteiger partial charge in [-0.2, -0.15) is 5.26 Å². The lowest BCUT2D eigenvalue weighted by Crippen LogP contribution is -2.25. The summed E-state index contributed by atoms with van der Waals surface area (Å²) in [5.41, 5.74) is -1.000. The Hall–Kier alpha value is -1.04. The van der Waals surface area contributed by atoms with Crippen LogP contribution >= 0.6 is 0 Å². The second-order valence-electron chi connectivity index (χ2n) is 2.71. The van der Waals surface area contributed by atoms with Crippen LogP contribution in [-0.4, -0.2) is 11.6 Å². The maximum absolute atomic E-state index is 10.8. The van der Waals surface area contributed by atoms with Gasteiger partial charge in [0.25, 0.3) is 0 Å². The van der Waals surface area contributed by atoms with Crippen molar-refractivity contribution in [3.05, 3.63) is 6.42 Å². The number of esters is 1. The van der Waals surface area contributed by atoms with E-state index in [-0.39, 0.29) is 12.4 Å². The first-order chi connectivity index (χ1) is 5.02. The van der Waals surface area contributed by atoms with Gasteiger partial charge in [-0.1, -0.05) is 6.92 Å². The fourth-order valence-electron chi connectivity index (χ4n) is 0.516. The molecule has 0 rings (SSSR count). The molecule has 0 atom stereocenters. The lowest BCUT2D eigenvalue weighted by atomic mass is 10.2. The molecule has 0 spiro atoms. The Kier molecular flexibility index (Phi) is 3.59. The summed E-state index contributed by atoms with van der Waals surface area (Å²) in [4.78, 5) is 10.8. The second-order valence-corrected chi connectivity index (χ2v) is 2.71. The van der Waals surface area contributed by atoms with Crippen molar-refractivity contribution in [2.24, 2.45) is 0 Å². The van der Waals surface area contributed by atoms with Crippen molar-refractivity contribution in [3.8, 4) is 6.07 Å². The van der Waals surface area contributed by atoms with Crippen LogP contribution in [0, 0.1) is 17.8 Å². The minimum Gasteiger partial charge on any atom is -0.444 e. The lowest BCUT2D eigenvalue weighted by Gasteiger charge is -2.15. The van der Waals surface area contributed by atoms with E-state index < -0.39 is 5.60 Å². The molecule has 0 aromatic rings. The molecule has 0 aromatic heterocycles. The molecular weight excluding hydrogens is 142 g/mol. The van der Waals surface area contributed by atoms with Gasteiger partial charge in [0.1, 0.15) is 6.07 Å². The highest BCUT2D eigenvalue weighted by Crippen LogP contribution is 2.08. The largest absolute Gasteiger partial charge is 0.444 e. The number of nitrogens with zero attached hydrogens (tertiary/aromatic N) is 1. The lowest BCUT2D eigenvalue weighted by molar-refractivity contribution is -0.151. The molecule has 0 saturated carbocycles. The van der Waals surface area contributed by atoms with Gasteiger partial charge in [0, 0.05) is 6.42 Å². The monoisotopic (exact) mass is 154 g/mol. The number of rotatable bonds is 3. The third-order valence-corrected chi connectivity index (χ3v) is 1.01. The summed E-state index contributed by atoms with van der Waals surface area (Å²) in [5.74, 6) is -0.362. The van der Waals surface area contributed by atoms with Gasteiger partial charge in [-0.3, -0.25) is 4.79 Å². The van der Waals surface area contributed by atoms with Crippen molar-refractivity contribution in [2.45, 2.75) is 32.8 Å². The summed E-state index contributed by atoms with van der Waals surface area (Å²) in [6.45, 7) is 4.88. The third kappa shape index (κ3) is 4.38. The molecule has 0 amide bonds. The maximum atomic E-state index is 10.8. The number of carbonyl (C=O) groups excluding carboxylic acids is 1. The standard InChI is InChI=1S/C8H12NO2/c1-4-5-7(10)11-8(2,3)6-9/h4H,5H2,1-3H3. The van der Waals surface area contributed by atoms with Gasteiger partial charge in [0.05, 0.1) is 0 Å². The Balaban J connectivity index is 3.86. The van der Waals surface area contributed by atoms with E-state index in [1.54, 1.807) is 27.2 Å². The average Bonchev–Trinajstić information content (AvgIpc) is 1.87. The predicted octanol–water partition coefficient (Wildman–Crippen LogP) is 1.45. The summed E-state index contributed by atoms with van der Waals surface area (Å²) in [5, 5.41) is 8.47. The van der Waals surface area contributed by atoms with Crippen LogP contribution < -0.4 is 0 Å². The van der Waals surface area contributed by atoms with E-state index in [9.17, 15) is 4.79 Å². The van der Waals surface area contributed by atoms with Crippen molar-refractivity contribution in [3.63, 3.8) is 0 Å². The Morgan fingerprint density at radius 2 is 2.27 bits per heavy atom. The molecule has 1 radical (unpaired) electrons. The minimum absolute atomic E-state index is 0.255. The van der Waals surface area contributed by atoms with Crippen LogP contribution in [0.25, 0.3) is 0 Å². The zero-order chi connectivity index (χ0) is 8.91. The van der Waals surface area contributed by atoms with Gasteiger partial charge in [-0.05, 0) is 20.3 Å². The SMILES string of the molecule is C[CH]CC(=O)OC(C)(C)C#N. The predicted molar refractivity (Wildman–Crippen MR) is 40.4 cm³/mol. The highest BCUT2D eigenvalue weighted by molar-refractivity contribution is 5.71. The molecule has 0 aliphatic rings. The van der Waals surface area contributed by atoms with Crippen molar-refractivity contribution >= 4 is 5.97 Å². The van der Waals surface area contributed by atoms with Gasteiger partial charge in [-0.15, -0.1) is 0 Å². The van der Waals surface area contributed by atoms with E-state index in [0.29, 0.717) is 0 Å². The van der Waals surface area contributed by atoms with E-state index in [2.05, 4.69) is 0 Å². The topological polar surface area (TPSA) is 50.1 Å². The molecule has 3 nitrogen and oxygen atoms in total. The Morgan fingerprint density at radius 3 is 2.64 bits per heavy atom. The first-order valence-corrected chi connectivity index (χ1v) is 3.43. The van der Waals surface area contributed by atoms with Gasteiger partial charge < -0.3 is 4.74 Å². The van der Waals surface area contributed by atoms with Crippen molar-refractivity contribution in [1.29, 1.82) is 5.26 Å². The summed E-state index contributed by atoms with van der Waals surface area (Å²) in [6.07, 6.45) is 1.95. The molecule has 0 saturated heterocycles. The molecule has 61 valence electrons. The van der Waals surface area contributed by atoms with E-state index in [0.717, 1.165) is 0 Å². The summed E-state index contributed by atoms with van der Waals surface area (Å²) in [7, 11) is 0. The van der Waals surface area contributed by atoms with Crippen molar-refractivity contribution < 1.29 is 9.53 Å². The zero-order valence-corrected chi connectivity index (χ0v) is 7.05. The molecule has 0 fully saturated rings. The molecule has 0 heterocycles. The number of carbonyl (C=O) groups is 1. The van der Waals surface area contributed by atoms with Crippen LogP contribution in [0.3, 0.4) is 0 Å². The molecule has 0 aliphatic carbocycles. The molecule has 0 N–H and O–H groups in total. The Morgan fingerprint density at radius 1 is 1.73 bits per heavy atom. The molecule has 0 aromatic carbocycles. The highest BCUT2D eigenvalue weighted by Gasteiger charge is 2.20. The Bertz CT molecular complexity index is 179. The smallest absolute Gasteiger partial charge is 0.307 e. The van der Waals surface area contributed by atoms with Crippen LogP contribution in [0.15, 0.2) is 0 Å². The van der Waals surface area contributed by atoms with Crippen LogP contribution in [0.2, 0.25) is 0 Å². The first kappa shape index (κ1) is 9.96. The van der Waals surface area contributed by atoms with E-state index in [1.807, 2.05) is 6.07 Å². The quantitative estimate of drug-likeness (QED) is 0.578. The molecule has 11 heavy (non-hydrogen) atoms. The minimum atomic E-state index is -1.000. The second kappa shape index (κ2) is 3.97. The van der Waals surface area contributed by atoms with Crippen LogP contribution in [-0.2, 0) is 9.53 Å². The average molecular weight is 154 g/mol. The van der Waals surface area contributed by atoms with Gasteiger partial charge in [-0.25, -0.2) is 0 Å². The summed E-state index contributed by atoms with van der Waals surface area (Å²) in [6, 6.07) is 1.87. The van der Waals surface area contributed by atoms with Gasteiger partial charge in [0.2, 0.25) is 0 Å². The fourth-order valence-corrected chi connectivity index (χ4v) is 0.516. The summed E-state index contributed by atoms with van der Waals surface area (Å²) < 4.78 is 4.80.